The van der Waals surface area contributed by atoms with Crippen LogP contribution in [0.4, 0.5) is 10.2 Å². The summed E-state index contributed by atoms with van der Waals surface area (Å²) in [7, 11) is 1.76. The molecule has 154 valence electrons. The molecule has 0 radical (unpaired) electrons. The maximum atomic E-state index is 13.9. The average Bonchev–Trinajstić information content (AvgIpc) is 2.70. The quantitative estimate of drug-likeness (QED) is 0.502. The molecule has 1 amide bonds. The van der Waals surface area contributed by atoms with Crippen LogP contribution in [0.1, 0.15) is 40.2 Å². The number of thioether (sulfide) groups is 1. The number of amides is 1. The topological polar surface area (TPSA) is 64.0 Å². The van der Waals surface area contributed by atoms with Gasteiger partial charge < -0.3 is 9.88 Å². The number of carbonyl (C=O) groups is 1. The van der Waals surface area contributed by atoms with Crippen LogP contribution in [0.25, 0.3) is 0 Å². The van der Waals surface area contributed by atoms with Gasteiger partial charge in [0.1, 0.15) is 11.6 Å². The van der Waals surface area contributed by atoms with Crippen molar-refractivity contribution >= 4 is 23.5 Å². The van der Waals surface area contributed by atoms with Crippen LogP contribution in [0.15, 0.2) is 52.4 Å². The van der Waals surface area contributed by atoms with Gasteiger partial charge in [-0.3, -0.25) is 9.59 Å². The fourth-order valence-corrected chi connectivity index (χ4v) is 4.86. The van der Waals surface area contributed by atoms with Gasteiger partial charge in [-0.15, -0.1) is 0 Å². The molecule has 0 unspecified atom stereocenters. The molecule has 0 spiro atoms. The molecule has 0 bridgehead atoms. The van der Waals surface area contributed by atoms with Gasteiger partial charge in [-0.25, -0.2) is 4.39 Å². The monoisotopic (exact) mass is 423 g/mol. The number of nitrogens with zero attached hydrogens (tertiary/aromatic N) is 2. The molecule has 0 fully saturated rings. The smallest absolute Gasteiger partial charge is 0.279 e. The highest BCUT2D eigenvalue weighted by molar-refractivity contribution is 7.98. The number of fused-ring (bicyclic) bond motifs is 1. The summed E-state index contributed by atoms with van der Waals surface area (Å²) in [6.45, 7) is 4.00. The van der Waals surface area contributed by atoms with E-state index < -0.39 is 0 Å². The van der Waals surface area contributed by atoms with Crippen LogP contribution in [0.3, 0.4) is 0 Å². The lowest BCUT2D eigenvalue weighted by Gasteiger charge is -2.28. The summed E-state index contributed by atoms with van der Waals surface area (Å²) < 4.78 is 15.7. The van der Waals surface area contributed by atoms with Crippen molar-refractivity contribution < 1.29 is 9.18 Å². The van der Waals surface area contributed by atoms with E-state index >= 15 is 0 Å². The number of aromatic nitrogens is 2. The second-order valence-electron chi connectivity index (χ2n) is 7.57. The molecule has 5 nitrogen and oxygen atoms in total. The van der Waals surface area contributed by atoms with Crippen LogP contribution in [0.2, 0.25) is 0 Å². The highest BCUT2D eigenvalue weighted by Gasteiger charge is 2.32. The summed E-state index contributed by atoms with van der Waals surface area (Å²) in [4.78, 5) is 29.8. The van der Waals surface area contributed by atoms with Crippen LogP contribution < -0.4 is 10.9 Å². The highest BCUT2D eigenvalue weighted by atomic mass is 32.2. The molecule has 0 saturated heterocycles. The maximum absolute atomic E-state index is 13.9. The van der Waals surface area contributed by atoms with E-state index in [-0.39, 0.29) is 29.6 Å². The Kier molecular flexibility index (Phi) is 5.47. The molecule has 1 N–H and O–H groups in total. The summed E-state index contributed by atoms with van der Waals surface area (Å²) in [6, 6.07) is 12.5. The second kappa shape index (κ2) is 8.07. The number of aryl methyl sites for hydroxylation is 2. The van der Waals surface area contributed by atoms with Gasteiger partial charge in [0.15, 0.2) is 5.16 Å². The number of benzene rings is 2. The first-order chi connectivity index (χ1) is 14.3. The van der Waals surface area contributed by atoms with Gasteiger partial charge in [-0.2, -0.15) is 4.98 Å². The lowest BCUT2D eigenvalue weighted by atomic mass is 9.84. The van der Waals surface area contributed by atoms with Crippen LogP contribution in [0, 0.1) is 19.7 Å². The minimum atomic E-state index is -0.357. The third-order valence-corrected chi connectivity index (χ3v) is 6.49. The van der Waals surface area contributed by atoms with Crippen molar-refractivity contribution in [1.29, 1.82) is 0 Å². The fraction of sp³-hybridized carbons (Fsp3) is 0.261. The number of hydrogen-bond acceptors (Lipinski definition) is 4. The number of halogens is 1. The molecule has 30 heavy (non-hydrogen) atoms. The van der Waals surface area contributed by atoms with Crippen LogP contribution in [-0.2, 0) is 17.6 Å². The molecule has 7 heteroatoms. The van der Waals surface area contributed by atoms with Gasteiger partial charge in [-0.05, 0) is 36.6 Å². The molecular formula is C23H22FN3O2S. The normalized spacial score (nSPS) is 15.6. The predicted molar refractivity (Wildman–Crippen MR) is 116 cm³/mol. The molecule has 4 rings (SSSR count). The van der Waals surface area contributed by atoms with Crippen LogP contribution in [0.5, 0.6) is 0 Å². The molecule has 0 saturated carbocycles. The number of hydrogen-bond donors (Lipinski definition) is 1. The third-order valence-electron chi connectivity index (χ3n) is 5.42. The SMILES string of the molecule is Cc1ccc([C@H]2CC(=O)Nc3c2c(=O)nc(SCc2ccccc2F)n3C)c(C)c1. The van der Waals surface area contributed by atoms with Crippen molar-refractivity contribution in [2.45, 2.75) is 37.1 Å². The molecule has 1 aliphatic heterocycles. The number of rotatable bonds is 4. The highest BCUT2D eigenvalue weighted by Crippen LogP contribution is 2.37. The van der Waals surface area contributed by atoms with Gasteiger partial charge in [0.05, 0.1) is 5.56 Å². The van der Waals surface area contributed by atoms with Crippen molar-refractivity contribution in [1.82, 2.24) is 9.55 Å². The van der Waals surface area contributed by atoms with E-state index in [1.54, 1.807) is 29.8 Å². The lowest BCUT2D eigenvalue weighted by molar-refractivity contribution is -0.116. The Morgan fingerprint density at radius 2 is 1.97 bits per heavy atom. The number of anilines is 1. The lowest BCUT2D eigenvalue weighted by Crippen LogP contribution is -2.33. The summed E-state index contributed by atoms with van der Waals surface area (Å²) in [6.07, 6.45) is 0.204. The van der Waals surface area contributed by atoms with Gasteiger partial charge in [-0.1, -0.05) is 53.7 Å². The van der Waals surface area contributed by atoms with Crippen LogP contribution >= 0.6 is 11.8 Å². The molecule has 1 atom stereocenters. The molecular weight excluding hydrogens is 401 g/mol. The van der Waals surface area contributed by atoms with Crippen molar-refractivity contribution in [3.8, 4) is 0 Å². The maximum Gasteiger partial charge on any atom is 0.279 e. The Morgan fingerprint density at radius 1 is 1.20 bits per heavy atom. The first kappa shape index (κ1) is 20.3. The Morgan fingerprint density at radius 3 is 2.70 bits per heavy atom. The Balaban J connectivity index is 1.75. The van der Waals surface area contributed by atoms with Gasteiger partial charge in [0, 0.05) is 25.1 Å². The molecule has 1 aliphatic rings. The van der Waals surface area contributed by atoms with E-state index in [4.69, 9.17) is 0 Å². The fourth-order valence-electron chi connectivity index (χ4n) is 3.90. The van der Waals surface area contributed by atoms with E-state index in [0.29, 0.717) is 27.9 Å². The van der Waals surface area contributed by atoms with E-state index in [1.165, 1.54) is 17.8 Å². The Bertz CT molecular complexity index is 1210. The second-order valence-corrected chi connectivity index (χ2v) is 8.51. The van der Waals surface area contributed by atoms with E-state index in [1.807, 2.05) is 26.0 Å². The molecule has 0 aliphatic carbocycles. The summed E-state index contributed by atoms with van der Waals surface area (Å²) in [5.74, 6) is 0.0218. The summed E-state index contributed by atoms with van der Waals surface area (Å²) in [5, 5.41) is 3.28. The van der Waals surface area contributed by atoms with Crippen molar-refractivity contribution in [2.75, 3.05) is 5.32 Å². The van der Waals surface area contributed by atoms with E-state index in [2.05, 4.69) is 16.4 Å². The van der Waals surface area contributed by atoms with Gasteiger partial charge in [0.25, 0.3) is 5.56 Å². The van der Waals surface area contributed by atoms with E-state index in [9.17, 15) is 14.0 Å². The zero-order chi connectivity index (χ0) is 21.4. The van der Waals surface area contributed by atoms with E-state index in [0.717, 1.165) is 16.7 Å². The summed E-state index contributed by atoms with van der Waals surface area (Å²) >= 11 is 1.27. The Hall–Kier alpha value is -2.93. The predicted octanol–water partition coefficient (Wildman–Crippen LogP) is 4.30. The zero-order valence-electron chi connectivity index (χ0n) is 17.0. The van der Waals surface area contributed by atoms with Crippen LogP contribution in [-0.4, -0.2) is 15.5 Å². The third kappa shape index (κ3) is 3.77. The standard InChI is InChI=1S/C23H22FN3O2S/c1-13-8-9-16(14(2)10-13)17-11-19(28)25-21-20(17)22(29)26-23(27(21)3)30-12-15-6-4-5-7-18(15)24/h4-10,17H,11-12H2,1-3H3,(H,25,28)/t17-/m1/s1. The first-order valence-electron chi connectivity index (χ1n) is 9.69. The minimum Gasteiger partial charge on any atom is -0.312 e. The first-order valence-corrected chi connectivity index (χ1v) is 10.7. The number of carbonyl (C=O) groups excluding carboxylic acids is 1. The van der Waals surface area contributed by atoms with Gasteiger partial charge in [0.2, 0.25) is 5.91 Å². The van der Waals surface area contributed by atoms with Gasteiger partial charge >= 0.3 is 0 Å². The molecule has 3 aromatic rings. The molecule has 2 heterocycles. The molecule has 1 aromatic heterocycles. The van der Waals surface area contributed by atoms with Crippen molar-refractivity contribution in [3.63, 3.8) is 0 Å². The number of nitrogens with one attached hydrogen (secondary N) is 1. The largest absolute Gasteiger partial charge is 0.312 e. The minimum absolute atomic E-state index is 0.140. The zero-order valence-corrected chi connectivity index (χ0v) is 17.8. The average molecular weight is 424 g/mol. The summed E-state index contributed by atoms with van der Waals surface area (Å²) in [5.41, 5.74) is 3.81. The van der Waals surface area contributed by atoms with Crippen molar-refractivity contribution in [2.24, 2.45) is 7.05 Å². The van der Waals surface area contributed by atoms with Crippen molar-refractivity contribution in [3.05, 3.63) is 86.5 Å². The molecule has 2 aromatic carbocycles. The Labute approximate surface area is 178 Å².